The van der Waals surface area contributed by atoms with Crippen LogP contribution in [0.4, 0.5) is 4.79 Å². The number of likely N-dealkylation sites (N-methyl/N-ethyl adjacent to an activating group) is 1. The molecule has 0 aliphatic carbocycles. The largest absolute Gasteiger partial charge is 0.444 e. The Balaban J connectivity index is 2.16. The third kappa shape index (κ3) is 6.90. The lowest BCUT2D eigenvalue weighted by atomic mass is 9.84. The van der Waals surface area contributed by atoms with Crippen LogP contribution in [0.5, 0.6) is 0 Å². The van der Waals surface area contributed by atoms with Gasteiger partial charge < -0.3 is 10.1 Å². The molecule has 0 aliphatic heterocycles. The van der Waals surface area contributed by atoms with Crippen LogP contribution in [0.25, 0.3) is 0 Å². The number of hydrogen-bond donors (Lipinski definition) is 1. The minimum atomic E-state index is -0.672. The first kappa shape index (κ1) is 23.5. The maximum atomic E-state index is 13.2. The third-order valence-electron chi connectivity index (χ3n) is 4.98. The van der Waals surface area contributed by atoms with Gasteiger partial charge in [0.25, 0.3) is 0 Å². The van der Waals surface area contributed by atoms with Gasteiger partial charge in [0, 0.05) is 25.4 Å². The molecule has 1 N–H and O–H groups in total. The number of ether oxygens (including phenoxy) is 1. The van der Waals surface area contributed by atoms with Crippen LogP contribution < -0.4 is 5.32 Å². The minimum absolute atomic E-state index is 0.198. The van der Waals surface area contributed by atoms with Gasteiger partial charge in [-0.15, -0.1) is 0 Å². The molecule has 2 rings (SSSR count). The summed E-state index contributed by atoms with van der Waals surface area (Å²) in [7, 11) is 1.61. The fraction of sp³-hybridized carbons (Fsp3) is 0.440. The highest BCUT2D eigenvalue weighted by Gasteiger charge is 2.31. The highest BCUT2D eigenvalue weighted by atomic mass is 16.6. The lowest BCUT2D eigenvalue weighted by molar-refractivity contribution is -0.126. The predicted octanol–water partition coefficient (Wildman–Crippen LogP) is 4.56. The Kier molecular flexibility index (Phi) is 7.65. The first-order valence-electron chi connectivity index (χ1n) is 10.3. The molecule has 1 atom stereocenters. The Bertz CT molecular complexity index is 826. The highest BCUT2D eigenvalue weighted by Crippen LogP contribution is 2.22. The Morgan fingerprint density at radius 3 is 2.00 bits per heavy atom. The zero-order valence-corrected chi connectivity index (χ0v) is 18.9. The Labute approximate surface area is 180 Å². The van der Waals surface area contributed by atoms with E-state index in [9.17, 15) is 9.59 Å². The summed E-state index contributed by atoms with van der Waals surface area (Å²) in [6.45, 7) is 10.1. The van der Waals surface area contributed by atoms with Gasteiger partial charge in [-0.25, -0.2) is 4.79 Å². The van der Waals surface area contributed by atoms with Crippen molar-refractivity contribution in [1.82, 2.24) is 10.2 Å². The molecule has 0 aromatic heterocycles. The molecule has 1 unspecified atom stereocenters. The lowest BCUT2D eigenvalue weighted by Gasteiger charge is -2.32. The van der Waals surface area contributed by atoms with Crippen LogP contribution in [0.15, 0.2) is 60.7 Å². The van der Waals surface area contributed by atoms with Crippen LogP contribution >= 0.6 is 0 Å². The van der Waals surface area contributed by atoms with Gasteiger partial charge in [0.15, 0.2) is 0 Å². The van der Waals surface area contributed by atoms with E-state index in [1.54, 1.807) is 7.05 Å². The molecule has 2 aromatic rings. The number of carbonyl (C=O) groups is 2. The van der Waals surface area contributed by atoms with Crippen molar-refractivity contribution in [3.8, 4) is 0 Å². The molecule has 2 aromatic carbocycles. The molecule has 0 spiro atoms. The van der Waals surface area contributed by atoms with Gasteiger partial charge in [-0.2, -0.15) is 0 Å². The van der Waals surface area contributed by atoms with Gasteiger partial charge in [-0.1, -0.05) is 74.5 Å². The van der Waals surface area contributed by atoms with E-state index in [2.05, 4.69) is 31.3 Å². The molecule has 30 heavy (non-hydrogen) atoms. The lowest BCUT2D eigenvalue weighted by Crippen LogP contribution is -2.52. The maximum Gasteiger partial charge on any atom is 0.410 e. The molecule has 2 amide bonds. The van der Waals surface area contributed by atoms with Crippen molar-refractivity contribution in [1.29, 1.82) is 0 Å². The van der Waals surface area contributed by atoms with Gasteiger partial charge in [0.2, 0.25) is 5.91 Å². The number of rotatable bonds is 7. The van der Waals surface area contributed by atoms with Crippen molar-refractivity contribution < 1.29 is 14.3 Å². The van der Waals surface area contributed by atoms with Crippen molar-refractivity contribution >= 4 is 12.0 Å². The van der Waals surface area contributed by atoms with E-state index in [4.69, 9.17) is 4.74 Å². The number of carbonyl (C=O) groups excluding carboxylic acids is 2. The second-order valence-electron chi connectivity index (χ2n) is 9.26. The van der Waals surface area contributed by atoms with Gasteiger partial charge in [0.05, 0.1) is 0 Å². The molecule has 0 saturated heterocycles. The first-order valence-corrected chi connectivity index (χ1v) is 10.3. The summed E-state index contributed by atoms with van der Waals surface area (Å²) in [5.74, 6) is -0.198. The topological polar surface area (TPSA) is 58.6 Å². The summed E-state index contributed by atoms with van der Waals surface area (Å²) in [6, 6.07) is 19.1. The van der Waals surface area contributed by atoms with Crippen molar-refractivity contribution in [2.45, 2.75) is 58.1 Å². The minimum Gasteiger partial charge on any atom is -0.444 e. The van der Waals surface area contributed by atoms with E-state index in [1.165, 1.54) is 4.90 Å². The molecule has 0 radical (unpaired) electrons. The molecule has 0 fully saturated rings. The van der Waals surface area contributed by atoms with E-state index in [1.807, 2.05) is 69.3 Å². The highest BCUT2D eigenvalue weighted by molar-refractivity contribution is 5.86. The fourth-order valence-corrected chi connectivity index (χ4v) is 3.12. The molecule has 5 heteroatoms. The van der Waals surface area contributed by atoms with Crippen molar-refractivity contribution in [3.05, 3.63) is 71.8 Å². The van der Waals surface area contributed by atoms with Gasteiger partial charge in [0.1, 0.15) is 11.6 Å². The summed E-state index contributed by atoms with van der Waals surface area (Å²) < 4.78 is 5.49. The van der Waals surface area contributed by atoms with Crippen LogP contribution in [0.2, 0.25) is 0 Å². The summed E-state index contributed by atoms with van der Waals surface area (Å²) in [5.41, 5.74) is 1.26. The van der Waals surface area contributed by atoms with Gasteiger partial charge >= 0.3 is 6.09 Å². The number of hydrogen-bond acceptors (Lipinski definition) is 3. The third-order valence-corrected chi connectivity index (χ3v) is 4.98. The number of nitrogens with one attached hydrogen (secondary N) is 1. The van der Waals surface area contributed by atoms with Crippen LogP contribution in [0.3, 0.4) is 0 Å². The van der Waals surface area contributed by atoms with Crippen molar-refractivity contribution in [2.24, 2.45) is 0 Å². The van der Waals surface area contributed by atoms with E-state index in [-0.39, 0.29) is 11.3 Å². The summed E-state index contributed by atoms with van der Waals surface area (Å²) in [6.07, 6.45) is -0.102. The van der Waals surface area contributed by atoms with E-state index in [0.29, 0.717) is 13.0 Å². The molecular formula is C25H34N2O3. The van der Waals surface area contributed by atoms with Crippen molar-refractivity contribution in [2.75, 3.05) is 13.6 Å². The molecule has 162 valence electrons. The van der Waals surface area contributed by atoms with Gasteiger partial charge in [-0.3, -0.25) is 9.69 Å². The summed E-state index contributed by atoms with van der Waals surface area (Å²) >= 11 is 0. The normalized spacial score (nSPS) is 12.7. The zero-order chi connectivity index (χ0) is 22.4. The standard InChI is InChI=1S/C25H34N2O3/c1-24(2,3)30-23(29)27(6)21(17-19-13-9-7-10-14-19)22(28)26-18-25(4,5)20-15-11-8-12-16-20/h7-16,21H,17-18H2,1-6H3,(H,26,28). The quantitative estimate of drug-likeness (QED) is 0.728. The molecule has 0 heterocycles. The van der Waals surface area contributed by atoms with Crippen LogP contribution in [0.1, 0.15) is 45.7 Å². The zero-order valence-electron chi connectivity index (χ0n) is 18.9. The molecule has 0 aliphatic rings. The Hall–Kier alpha value is -2.82. The molecule has 0 saturated carbocycles. The second kappa shape index (κ2) is 9.79. The van der Waals surface area contributed by atoms with Gasteiger partial charge in [-0.05, 0) is 31.9 Å². The fourth-order valence-electron chi connectivity index (χ4n) is 3.12. The predicted molar refractivity (Wildman–Crippen MR) is 120 cm³/mol. The van der Waals surface area contributed by atoms with Crippen LogP contribution in [-0.2, 0) is 21.4 Å². The average molecular weight is 411 g/mol. The van der Waals surface area contributed by atoms with E-state index < -0.39 is 17.7 Å². The van der Waals surface area contributed by atoms with Crippen LogP contribution in [-0.4, -0.2) is 42.1 Å². The smallest absolute Gasteiger partial charge is 0.410 e. The average Bonchev–Trinajstić information content (AvgIpc) is 2.70. The first-order chi connectivity index (χ1) is 14.0. The Morgan fingerprint density at radius 2 is 1.47 bits per heavy atom. The van der Waals surface area contributed by atoms with E-state index in [0.717, 1.165) is 11.1 Å². The van der Waals surface area contributed by atoms with Crippen LogP contribution in [0, 0.1) is 0 Å². The summed E-state index contributed by atoms with van der Waals surface area (Å²) in [5, 5.41) is 3.05. The maximum absolute atomic E-state index is 13.2. The summed E-state index contributed by atoms with van der Waals surface area (Å²) in [4.78, 5) is 27.2. The number of amides is 2. The Morgan fingerprint density at radius 1 is 0.933 bits per heavy atom. The van der Waals surface area contributed by atoms with E-state index >= 15 is 0 Å². The monoisotopic (exact) mass is 410 g/mol. The second-order valence-corrected chi connectivity index (χ2v) is 9.26. The SMILES string of the molecule is CN(C(=O)OC(C)(C)C)C(Cc1ccccc1)C(=O)NCC(C)(C)c1ccccc1. The molecular weight excluding hydrogens is 376 g/mol. The number of nitrogens with zero attached hydrogens (tertiary/aromatic N) is 1. The number of benzene rings is 2. The molecule has 5 nitrogen and oxygen atoms in total. The van der Waals surface area contributed by atoms with Crippen molar-refractivity contribution in [3.63, 3.8) is 0 Å². The molecule has 0 bridgehead atoms.